The Morgan fingerprint density at radius 1 is 1.17 bits per heavy atom. The van der Waals surface area contributed by atoms with E-state index in [2.05, 4.69) is 32.9 Å². The number of nitrogens with zero attached hydrogens (tertiary/aromatic N) is 2. The number of aliphatic imine (C=N–C) groups is 1. The molecule has 2 saturated heterocycles. The second-order valence-corrected chi connectivity index (χ2v) is 14.4. The molecule has 0 unspecified atom stereocenters. The minimum atomic E-state index is -3.18. The highest BCUT2D eigenvalue weighted by Gasteiger charge is 2.49. The van der Waals surface area contributed by atoms with E-state index in [1.165, 1.54) is 11.8 Å². The second kappa shape index (κ2) is 10.7. The van der Waals surface area contributed by atoms with Crippen molar-refractivity contribution in [1.82, 2.24) is 5.32 Å². The van der Waals surface area contributed by atoms with Gasteiger partial charge in [0.25, 0.3) is 5.91 Å². The lowest BCUT2D eigenvalue weighted by atomic mass is 10.1. The zero-order valence-electron chi connectivity index (χ0n) is 20.2. The fourth-order valence-corrected chi connectivity index (χ4v) is 8.61. The van der Waals surface area contributed by atoms with E-state index in [-0.39, 0.29) is 29.2 Å². The molecule has 0 spiro atoms. The van der Waals surface area contributed by atoms with Gasteiger partial charge < -0.3 is 15.0 Å². The smallest absolute Gasteiger partial charge is 0.408 e. The Balaban J connectivity index is 1.65. The van der Waals surface area contributed by atoms with E-state index in [9.17, 15) is 18.0 Å². The van der Waals surface area contributed by atoms with Crippen molar-refractivity contribution in [3.05, 3.63) is 63.7 Å². The van der Waals surface area contributed by atoms with Crippen LogP contribution in [-0.4, -0.2) is 60.0 Å². The Morgan fingerprint density at radius 3 is 2.56 bits per heavy atom. The van der Waals surface area contributed by atoms with Gasteiger partial charge >= 0.3 is 6.09 Å². The lowest BCUT2D eigenvalue weighted by Crippen LogP contribution is -2.45. The van der Waals surface area contributed by atoms with Gasteiger partial charge in [0.1, 0.15) is 11.6 Å². The Hall–Kier alpha value is -2.12. The van der Waals surface area contributed by atoms with Gasteiger partial charge in [-0.1, -0.05) is 48.2 Å². The van der Waals surface area contributed by atoms with Gasteiger partial charge in [-0.2, -0.15) is 4.99 Å². The minimum absolute atomic E-state index is 0.00690. The van der Waals surface area contributed by atoms with E-state index >= 15 is 0 Å². The van der Waals surface area contributed by atoms with Gasteiger partial charge in [-0.25, -0.2) is 13.2 Å². The summed E-state index contributed by atoms with van der Waals surface area (Å²) in [6, 6.07) is 15.8. The van der Waals surface area contributed by atoms with Crippen molar-refractivity contribution in [2.75, 3.05) is 16.4 Å². The van der Waals surface area contributed by atoms with Gasteiger partial charge in [0.2, 0.25) is 0 Å². The van der Waals surface area contributed by atoms with E-state index < -0.39 is 33.5 Å². The molecule has 0 aliphatic carbocycles. The molecule has 1 N–H and O–H groups in total. The molecule has 192 valence electrons. The maximum absolute atomic E-state index is 13.5. The van der Waals surface area contributed by atoms with Gasteiger partial charge in [0.15, 0.2) is 15.0 Å². The normalized spacial score (nSPS) is 22.8. The van der Waals surface area contributed by atoms with Gasteiger partial charge in [-0.05, 0) is 67.1 Å². The number of carbonyl (C=O) groups excluding carboxylic acids is 2. The Labute approximate surface area is 229 Å². The lowest BCUT2D eigenvalue weighted by Gasteiger charge is -2.25. The summed E-state index contributed by atoms with van der Waals surface area (Å²) < 4.78 is 31.1. The molecule has 2 aliphatic heterocycles. The first-order valence-corrected chi connectivity index (χ1v) is 15.3. The third-order valence-corrected chi connectivity index (χ3v) is 9.51. The number of amidine groups is 1. The van der Waals surface area contributed by atoms with Crippen LogP contribution in [0.25, 0.3) is 0 Å². The van der Waals surface area contributed by atoms with Gasteiger partial charge in [-0.3, -0.25) is 4.79 Å². The molecule has 0 radical (unpaired) electrons. The first-order valence-electron chi connectivity index (χ1n) is 11.5. The van der Waals surface area contributed by atoms with Crippen LogP contribution in [0, 0.1) is 3.57 Å². The zero-order chi connectivity index (χ0) is 26.1. The molecule has 3 atom stereocenters. The summed E-state index contributed by atoms with van der Waals surface area (Å²) in [4.78, 5) is 32.3. The maximum atomic E-state index is 13.5. The average Bonchev–Trinajstić information content (AvgIpc) is 3.23. The molecular formula is C25H28IN3O5S2. The molecule has 0 bridgehead atoms. The predicted octanol–water partition coefficient (Wildman–Crippen LogP) is 4.03. The number of ether oxygens (including phenoxy) is 1. The highest BCUT2D eigenvalue weighted by Crippen LogP contribution is 2.41. The molecule has 4 rings (SSSR count). The van der Waals surface area contributed by atoms with Crippen LogP contribution in [0.2, 0.25) is 0 Å². The number of carbonyl (C=O) groups is 2. The van der Waals surface area contributed by atoms with Crippen LogP contribution in [0.4, 0.5) is 10.5 Å². The number of fused-ring (bicyclic) bond motifs is 1. The van der Waals surface area contributed by atoms with Crippen molar-refractivity contribution in [3.8, 4) is 0 Å². The van der Waals surface area contributed by atoms with Crippen LogP contribution < -0.4 is 10.2 Å². The zero-order valence-corrected chi connectivity index (χ0v) is 24.0. The molecule has 11 heteroatoms. The third-order valence-electron chi connectivity index (χ3n) is 5.63. The minimum Gasteiger partial charge on any atom is -0.444 e. The number of hydrogen-bond donors (Lipinski definition) is 1. The first kappa shape index (κ1) is 26.9. The summed E-state index contributed by atoms with van der Waals surface area (Å²) in [5.74, 6) is -0.474. The number of benzene rings is 2. The number of hydrogen-bond acceptors (Lipinski definition) is 6. The lowest BCUT2D eigenvalue weighted by molar-refractivity contribution is -0.119. The van der Waals surface area contributed by atoms with Gasteiger partial charge in [0.05, 0.1) is 17.5 Å². The fraction of sp³-hybridized carbons (Fsp3) is 0.400. The monoisotopic (exact) mass is 641 g/mol. The number of amides is 2. The Bertz CT molecular complexity index is 1280. The summed E-state index contributed by atoms with van der Waals surface area (Å²) in [5, 5.41) is 2.90. The summed E-state index contributed by atoms with van der Waals surface area (Å²) in [5.41, 5.74) is 0.927. The molecule has 0 aromatic heterocycles. The molecule has 2 amide bonds. The van der Waals surface area contributed by atoms with Crippen LogP contribution in [0.5, 0.6) is 0 Å². The van der Waals surface area contributed by atoms with E-state index in [4.69, 9.17) is 4.74 Å². The topological polar surface area (TPSA) is 105 Å². The third kappa shape index (κ3) is 6.80. The fourth-order valence-electron chi connectivity index (χ4n) is 4.16. The van der Waals surface area contributed by atoms with Crippen LogP contribution in [0.1, 0.15) is 26.3 Å². The summed E-state index contributed by atoms with van der Waals surface area (Å²) in [7, 11) is -3.18. The summed E-state index contributed by atoms with van der Waals surface area (Å²) in [6.45, 7) is 5.26. The highest BCUT2D eigenvalue weighted by molar-refractivity contribution is 14.1. The number of anilines is 1. The molecule has 36 heavy (non-hydrogen) atoms. The molecule has 8 nitrogen and oxygen atoms in total. The summed E-state index contributed by atoms with van der Waals surface area (Å²) >= 11 is 3.50. The number of nitrogens with one attached hydrogen (secondary N) is 1. The van der Waals surface area contributed by atoms with Crippen LogP contribution >= 0.6 is 34.4 Å². The van der Waals surface area contributed by atoms with Crippen LogP contribution in [0.3, 0.4) is 0 Å². The SMILES string of the molecule is CC(C)(C)OC(=O)N[C@@H](Cc1ccccc1)C(=O)N=C1S[C@H]2CS(=O)(=O)C[C@@H]2N1c1cccc(I)c1. The van der Waals surface area contributed by atoms with Crippen molar-refractivity contribution in [1.29, 1.82) is 0 Å². The number of alkyl carbamates (subject to hydrolysis) is 1. The first-order chi connectivity index (χ1) is 16.9. The number of rotatable bonds is 5. The quantitative estimate of drug-likeness (QED) is 0.492. The molecule has 2 aromatic rings. The second-order valence-electron chi connectivity index (χ2n) is 9.77. The van der Waals surface area contributed by atoms with Crippen molar-refractivity contribution in [3.63, 3.8) is 0 Å². The molecule has 0 saturated carbocycles. The van der Waals surface area contributed by atoms with Crippen molar-refractivity contribution in [2.24, 2.45) is 4.99 Å². The number of thioether (sulfide) groups is 1. The maximum Gasteiger partial charge on any atom is 0.408 e. The standard InChI is InChI=1S/C25H28IN3O5S2/c1-25(2,3)34-24(31)27-19(12-16-8-5-4-6-9-16)22(30)28-23-29(18-11-7-10-17(26)13-18)20-14-36(32,33)15-21(20)35-23/h4-11,13,19-21H,12,14-15H2,1-3H3,(H,27,31)/t19-,20-,21-/m0/s1. The number of halogens is 1. The van der Waals surface area contributed by atoms with Crippen molar-refractivity contribution < 1.29 is 22.7 Å². The van der Waals surface area contributed by atoms with E-state index in [0.717, 1.165) is 14.8 Å². The van der Waals surface area contributed by atoms with Crippen molar-refractivity contribution in [2.45, 2.75) is 50.1 Å². The predicted molar refractivity (Wildman–Crippen MR) is 151 cm³/mol. The molecule has 2 aliphatic rings. The largest absolute Gasteiger partial charge is 0.444 e. The van der Waals surface area contributed by atoms with Crippen LogP contribution in [0.15, 0.2) is 59.6 Å². The Kier molecular flexibility index (Phi) is 8.01. The van der Waals surface area contributed by atoms with E-state index in [0.29, 0.717) is 5.17 Å². The average molecular weight is 642 g/mol. The van der Waals surface area contributed by atoms with Gasteiger partial charge in [0, 0.05) is 20.9 Å². The molecule has 2 heterocycles. The molecule has 2 fully saturated rings. The van der Waals surface area contributed by atoms with Crippen LogP contribution in [-0.2, 0) is 25.8 Å². The molecular weight excluding hydrogens is 613 g/mol. The number of sulfone groups is 1. The van der Waals surface area contributed by atoms with Crippen molar-refractivity contribution >= 4 is 67.0 Å². The van der Waals surface area contributed by atoms with Gasteiger partial charge in [-0.15, -0.1) is 0 Å². The van der Waals surface area contributed by atoms with E-state index in [1.807, 2.05) is 59.5 Å². The summed E-state index contributed by atoms with van der Waals surface area (Å²) in [6.07, 6.45) is -0.460. The van der Waals surface area contributed by atoms with E-state index in [1.54, 1.807) is 20.8 Å². The Morgan fingerprint density at radius 2 is 1.89 bits per heavy atom. The molecule has 2 aromatic carbocycles. The highest BCUT2D eigenvalue weighted by atomic mass is 127.